The Morgan fingerprint density at radius 3 is 2.86 bits per heavy atom. The first-order chi connectivity index (χ1) is 10.3. The molecule has 0 saturated carbocycles. The third-order valence-electron chi connectivity index (χ3n) is 3.41. The van der Waals surface area contributed by atoms with E-state index in [1.807, 2.05) is 6.07 Å². The molecule has 1 amide bonds. The van der Waals surface area contributed by atoms with E-state index in [0.717, 1.165) is 12.0 Å². The number of amides is 1. The number of nitrogens with zero attached hydrogens (tertiary/aromatic N) is 1. The molecular formula is C16H14N2O3. The molecule has 2 aromatic rings. The minimum absolute atomic E-state index is 0.159. The summed E-state index contributed by atoms with van der Waals surface area (Å²) in [5.41, 5.74) is 1.82. The summed E-state index contributed by atoms with van der Waals surface area (Å²) in [6.07, 6.45) is 3.12. The van der Waals surface area contributed by atoms with Crippen molar-refractivity contribution in [2.45, 2.75) is 12.5 Å². The molecule has 1 unspecified atom stereocenters. The van der Waals surface area contributed by atoms with Gasteiger partial charge in [0, 0.05) is 23.7 Å². The van der Waals surface area contributed by atoms with Crippen molar-refractivity contribution in [3.63, 3.8) is 0 Å². The van der Waals surface area contributed by atoms with Crippen LogP contribution in [0, 0.1) is 0 Å². The van der Waals surface area contributed by atoms with E-state index in [1.165, 1.54) is 0 Å². The van der Waals surface area contributed by atoms with Crippen LogP contribution in [0.4, 0.5) is 0 Å². The monoisotopic (exact) mass is 282 g/mol. The minimum atomic E-state index is -0.184. The number of nitrogens with one attached hydrogen (secondary N) is 1. The van der Waals surface area contributed by atoms with Crippen molar-refractivity contribution in [1.82, 2.24) is 10.3 Å². The Balaban J connectivity index is 1.77. The van der Waals surface area contributed by atoms with Crippen LogP contribution in [0.15, 0.2) is 42.6 Å². The second-order valence-electron chi connectivity index (χ2n) is 4.79. The molecular weight excluding hydrogens is 268 g/mol. The summed E-state index contributed by atoms with van der Waals surface area (Å²) in [4.78, 5) is 27.2. The highest BCUT2D eigenvalue weighted by Crippen LogP contribution is 2.29. The number of hydrogen-bond acceptors (Lipinski definition) is 4. The molecule has 1 atom stereocenters. The molecule has 106 valence electrons. The van der Waals surface area contributed by atoms with Gasteiger partial charge in [-0.1, -0.05) is 12.1 Å². The van der Waals surface area contributed by atoms with Gasteiger partial charge in [-0.3, -0.25) is 14.6 Å². The maximum atomic E-state index is 12.3. The van der Waals surface area contributed by atoms with Gasteiger partial charge in [-0.25, -0.2) is 0 Å². The topological polar surface area (TPSA) is 68.3 Å². The summed E-state index contributed by atoms with van der Waals surface area (Å²) in [7, 11) is 0. The van der Waals surface area contributed by atoms with Crippen LogP contribution in [0.2, 0.25) is 0 Å². The molecule has 1 aliphatic heterocycles. The van der Waals surface area contributed by atoms with Gasteiger partial charge in [0.25, 0.3) is 5.91 Å². The molecule has 1 aromatic carbocycles. The molecule has 0 saturated heterocycles. The summed E-state index contributed by atoms with van der Waals surface area (Å²) in [5, 5.41) is 2.96. The maximum absolute atomic E-state index is 12.3. The number of aldehydes is 1. The zero-order valence-electron chi connectivity index (χ0n) is 11.3. The lowest BCUT2D eigenvalue weighted by Gasteiger charge is -2.25. The molecule has 0 radical (unpaired) electrons. The van der Waals surface area contributed by atoms with Crippen molar-refractivity contribution in [1.29, 1.82) is 0 Å². The number of hydrogen-bond donors (Lipinski definition) is 1. The number of pyridine rings is 1. The van der Waals surface area contributed by atoms with E-state index in [0.29, 0.717) is 29.9 Å². The molecule has 21 heavy (non-hydrogen) atoms. The summed E-state index contributed by atoms with van der Waals surface area (Å²) in [6, 6.07) is 10.0. The van der Waals surface area contributed by atoms with Crippen molar-refractivity contribution < 1.29 is 14.3 Å². The molecule has 3 rings (SSSR count). The van der Waals surface area contributed by atoms with Crippen LogP contribution in [0.1, 0.15) is 38.9 Å². The highest BCUT2D eigenvalue weighted by molar-refractivity contribution is 5.95. The molecule has 0 spiro atoms. The molecule has 0 bridgehead atoms. The molecule has 1 aromatic heterocycles. The first-order valence-electron chi connectivity index (χ1n) is 6.72. The summed E-state index contributed by atoms with van der Waals surface area (Å²) < 4.78 is 5.52. The van der Waals surface area contributed by atoms with E-state index in [-0.39, 0.29) is 11.9 Å². The fraction of sp³-hybridized carbons (Fsp3) is 0.188. The Hall–Kier alpha value is -2.69. The van der Waals surface area contributed by atoms with Crippen LogP contribution in [-0.4, -0.2) is 23.8 Å². The number of rotatable bonds is 3. The number of carbonyl (C=O) groups excluding carboxylic acids is 2. The summed E-state index contributed by atoms with van der Waals surface area (Å²) in [6.45, 7) is 0.549. The second kappa shape index (κ2) is 5.75. The van der Waals surface area contributed by atoms with E-state index >= 15 is 0 Å². The van der Waals surface area contributed by atoms with Gasteiger partial charge in [-0.05, 0) is 24.3 Å². The molecule has 5 heteroatoms. The number of ether oxygens (including phenoxy) is 1. The molecule has 1 aliphatic rings. The Morgan fingerprint density at radius 1 is 1.29 bits per heavy atom. The number of fused-ring (bicyclic) bond motifs is 1. The molecule has 5 nitrogen and oxygen atoms in total. The molecule has 1 N–H and O–H groups in total. The van der Waals surface area contributed by atoms with Gasteiger partial charge >= 0.3 is 0 Å². The van der Waals surface area contributed by atoms with E-state index < -0.39 is 0 Å². The Bertz CT molecular complexity index is 667. The predicted octanol–water partition coefficient (Wildman–Crippen LogP) is 2.15. The summed E-state index contributed by atoms with van der Waals surface area (Å²) >= 11 is 0. The maximum Gasteiger partial charge on any atom is 0.251 e. The van der Waals surface area contributed by atoms with Crippen molar-refractivity contribution in [2.24, 2.45) is 0 Å². The van der Waals surface area contributed by atoms with Gasteiger partial charge in [0.15, 0.2) is 0 Å². The van der Waals surface area contributed by atoms with Crippen molar-refractivity contribution in [3.8, 4) is 5.75 Å². The Kier molecular flexibility index (Phi) is 3.64. The van der Waals surface area contributed by atoms with Crippen LogP contribution < -0.4 is 10.1 Å². The number of carbonyl (C=O) groups is 2. The average molecular weight is 282 g/mol. The van der Waals surface area contributed by atoms with E-state index in [4.69, 9.17) is 4.74 Å². The fourth-order valence-electron chi connectivity index (χ4n) is 2.31. The Morgan fingerprint density at radius 2 is 2.10 bits per heavy atom. The van der Waals surface area contributed by atoms with Gasteiger partial charge < -0.3 is 10.1 Å². The Labute approximate surface area is 122 Å². The van der Waals surface area contributed by atoms with Gasteiger partial charge in [-0.2, -0.15) is 0 Å². The highest BCUT2D eigenvalue weighted by Gasteiger charge is 2.24. The largest absolute Gasteiger partial charge is 0.491 e. The van der Waals surface area contributed by atoms with Crippen LogP contribution in [0.5, 0.6) is 5.75 Å². The predicted molar refractivity (Wildman–Crippen MR) is 76.4 cm³/mol. The molecule has 2 heterocycles. The van der Waals surface area contributed by atoms with Gasteiger partial charge in [0.1, 0.15) is 17.7 Å². The number of aromatic nitrogens is 1. The molecule has 0 fully saturated rings. The smallest absolute Gasteiger partial charge is 0.251 e. The highest BCUT2D eigenvalue weighted by atomic mass is 16.5. The van der Waals surface area contributed by atoms with Gasteiger partial charge in [-0.15, -0.1) is 0 Å². The second-order valence-corrected chi connectivity index (χ2v) is 4.79. The van der Waals surface area contributed by atoms with Crippen molar-refractivity contribution in [2.75, 3.05) is 6.61 Å². The lowest BCUT2D eigenvalue weighted by atomic mass is 10.1. The lowest BCUT2D eigenvalue weighted by Crippen LogP contribution is -2.32. The zero-order valence-corrected chi connectivity index (χ0v) is 11.3. The van der Waals surface area contributed by atoms with Crippen LogP contribution >= 0.6 is 0 Å². The standard InChI is InChI=1S/C16H14N2O3/c19-10-11-3-5-12(6-4-11)16(20)18-13-7-9-21-14-2-1-8-17-15(13)14/h1-6,8,10,13H,7,9H2,(H,18,20). The average Bonchev–Trinajstić information content (AvgIpc) is 2.55. The molecule has 0 aliphatic carbocycles. The van der Waals surface area contributed by atoms with Crippen molar-refractivity contribution >= 4 is 12.2 Å². The van der Waals surface area contributed by atoms with Gasteiger partial charge in [0.2, 0.25) is 0 Å². The van der Waals surface area contributed by atoms with Crippen LogP contribution in [0.3, 0.4) is 0 Å². The zero-order chi connectivity index (χ0) is 14.7. The SMILES string of the molecule is O=Cc1ccc(C(=O)NC2CCOc3cccnc32)cc1. The normalized spacial score (nSPS) is 16.5. The fourth-order valence-corrected chi connectivity index (χ4v) is 2.31. The minimum Gasteiger partial charge on any atom is -0.491 e. The first-order valence-corrected chi connectivity index (χ1v) is 6.72. The van der Waals surface area contributed by atoms with Crippen LogP contribution in [-0.2, 0) is 0 Å². The van der Waals surface area contributed by atoms with Gasteiger partial charge in [0.05, 0.1) is 12.6 Å². The quantitative estimate of drug-likeness (QED) is 0.876. The van der Waals surface area contributed by atoms with E-state index in [9.17, 15) is 9.59 Å². The van der Waals surface area contributed by atoms with Crippen molar-refractivity contribution in [3.05, 3.63) is 59.4 Å². The van der Waals surface area contributed by atoms with E-state index in [1.54, 1.807) is 36.5 Å². The van der Waals surface area contributed by atoms with Crippen LogP contribution in [0.25, 0.3) is 0 Å². The lowest BCUT2D eigenvalue weighted by molar-refractivity contribution is 0.0922. The summed E-state index contributed by atoms with van der Waals surface area (Å²) in [5.74, 6) is 0.529. The third kappa shape index (κ3) is 2.76. The first kappa shape index (κ1) is 13.3. The van der Waals surface area contributed by atoms with E-state index in [2.05, 4.69) is 10.3 Å². The third-order valence-corrected chi connectivity index (χ3v) is 3.41. The number of benzene rings is 1.